The number of hydrogen-bond acceptors (Lipinski definition) is 8. The molecule has 2 amide bonds. The lowest BCUT2D eigenvalue weighted by Crippen LogP contribution is -2.65. The van der Waals surface area contributed by atoms with Crippen molar-refractivity contribution in [3.05, 3.63) is 37.4 Å². The molecule has 2 unspecified atom stereocenters. The van der Waals surface area contributed by atoms with Crippen LogP contribution in [0.5, 0.6) is 0 Å². The third kappa shape index (κ3) is 5.02. The molecule has 1 aromatic heterocycles. The Balaban J connectivity index is 1.60. The third-order valence-corrected chi connectivity index (χ3v) is 8.07. The number of rotatable bonds is 12. The number of ketones is 1. The maximum atomic E-state index is 14.0. The lowest BCUT2D eigenvalue weighted by molar-refractivity contribution is -0.157. The van der Waals surface area contributed by atoms with E-state index < -0.39 is 11.6 Å². The van der Waals surface area contributed by atoms with Crippen LogP contribution in [-0.4, -0.2) is 110 Å². The van der Waals surface area contributed by atoms with E-state index in [4.69, 9.17) is 9.72 Å². The molecule has 2 atom stereocenters. The average Bonchev–Trinajstić information content (AvgIpc) is 3.46. The summed E-state index contributed by atoms with van der Waals surface area (Å²) in [5, 5.41) is 0. The molecule has 0 bridgehead atoms. The fourth-order valence-electron chi connectivity index (χ4n) is 6.15. The quantitative estimate of drug-likeness (QED) is 0.295. The third-order valence-electron chi connectivity index (χ3n) is 8.07. The molecule has 39 heavy (non-hydrogen) atoms. The fourth-order valence-corrected chi connectivity index (χ4v) is 6.15. The van der Waals surface area contributed by atoms with Crippen molar-refractivity contribution in [1.29, 1.82) is 0 Å². The monoisotopic (exact) mass is 538 g/mol. The van der Waals surface area contributed by atoms with Crippen LogP contribution in [0.4, 0.5) is 17.3 Å². The molecule has 3 fully saturated rings. The minimum atomic E-state index is -1.52. The molecule has 4 heterocycles. The second-order valence-corrected chi connectivity index (χ2v) is 10.1. The molecule has 0 spiro atoms. The van der Waals surface area contributed by atoms with E-state index in [9.17, 15) is 14.4 Å². The molecule has 4 rings (SSSR count). The van der Waals surface area contributed by atoms with E-state index in [1.807, 2.05) is 25.1 Å². The van der Waals surface area contributed by atoms with Crippen LogP contribution in [0, 0.1) is 0 Å². The van der Waals surface area contributed by atoms with E-state index in [2.05, 4.69) is 47.8 Å². The number of amides is 2. The first-order valence-electron chi connectivity index (χ1n) is 14.1. The molecule has 0 N–H and O–H groups in total. The van der Waals surface area contributed by atoms with Gasteiger partial charge >= 0.3 is 0 Å². The number of anilines is 3. The minimum absolute atomic E-state index is 0.232. The first-order valence-corrected chi connectivity index (χ1v) is 14.1. The predicted molar refractivity (Wildman–Crippen MR) is 153 cm³/mol. The molecule has 1 aromatic rings. The van der Waals surface area contributed by atoms with Crippen LogP contribution in [0.15, 0.2) is 37.4 Å². The van der Waals surface area contributed by atoms with Crippen LogP contribution in [0.1, 0.15) is 33.6 Å². The summed E-state index contributed by atoms with van der Waals surface area (Å²) < 4.78 is 5.88. The molecular weight excluding hydrogens is 496 g/mol. The van der Waals surface area contributed by atoms with Gasteiger partial charge in [-0.15, -0.1) is 13.2 Å². The molecule has 10 nitrogen and oxygen atoms in total. The Bertz CT molecular complexity index is 1100. The second kappa shape index (κ2) is 12.2. The fraction of sp³-hybridized carbons (Fsp3) is 0.586. The summed E-state index contributed by atoms with van der Waals surface area (Å²) in [5.41, 5.74) is -0.502. The average molecular weight is 539 g/mol. The number of fused-ring (bicyclic) bond motifs is 1. The first-order chi connectivity index (χ1) is 18.9. The van der Waals surface area contributed by atoms with E-state index in [1.165, 1.54) is 4.90 Å². The highest BCUT2D eigenvalue weighted by Gasteiger charge is 2.67. The molecule has 3 saturated heterocycles. The summed E-state index contributed by atoms with van der Waals surface area (Å²) in [7, 11) is 0. The van der Waals surface area contributed by atoms with Gasteiger partial charge in [-0.2, -0.15) is 0 Å². The molecule has 0 aliphatic carbocycles. The Morgan fingerprint density at radius 3 is 2.33 bits per heavy atom. The van der Waals surface area contributed by atoms with Gasteiger partial charge in [0, 0.05) is 65.5 Å². The smallest absolute Gasteiger partial charge is 0.259 e. The standard InChI is InChI=1S/C29H42N6O4/c1-6-14-31(8-3)22-11-12-25(32(9-4)15-7-2)30-27(22)33-17-19-34(20-18-33)28(38)29-23(36)21-26(37)35(29)16-13-24(29)39-10-5/h6-7,11-12,24H,1-2,8-10,13-21H2,3-5H3. The van der Waals surface area contributed by atoms with Crippen molar-refractivity contribution >= 4 is 34.9 Å². The van der Waals surface area contributed by atoms with Gasteiger partial charge in [-0.1, -0.05) is 12.2 Å². The number of Topliss-reactive ketones (excluding diaryl/α,β-unsaturated/α-hetero) is 1. The lowest BCUT2D eigenvalue weighted by Gasteiger charge is -2.42. The Morgan fingerprint density at radius 1 is 1.05 bits per heavy atom. The molecular formula is C29H42N6O4. The predicted octanol–water partition coefficient (Wildman–Crippen LogP) is 2.10. The Morgan fingerprint density at radius 2 is 1.72 bits per heavy atom. The number of aromatic nitrogens is 1. The van der Waals surface area contributed by atoms with Crippen molar-refractivity contribution < 1.29 is 19.1 Å². The van der Waals surface area contributed by atoms with E-state index in [0.717, 1.165) is 30.4 Å². The second-order valence-electron chi connectivity index (χ2n) is 10.1. The molecule has 0 aromatic carbocycles. The summed E-state index contributed by atoms with van der Waals surface area (Å²) in [6.07, 6.45) is 3.42. The summed E-state index contributed by atoms with van der Waals surface area (Å²) in [4.78, 5) is 54.7. The topological polar surface area (TPSA) is 89.5 Å². The highest BCUT2D eigenvalue weighted by molar-refractivity contribution is 6.23. The van der Waals surface area contributed by atoms with Crippen molar-refractivity contribution in [2.75, 3.05) is 80.2 Å². The number of hydrogen-bond donors (Lipinski definition) is 0. The molecule has 3 aliphatic rings. The van der Waals surface area contributed by atoms with Gasteiger partial charge in [-0.25, -0.2) is 4.98 Å². The molecule has 0 saturated carbocycles. The van der Waals surface area contributed by atoms with Crippen LogP contribution in [-0.2, 0) is 19.1 Å². The maximum absolute atomic E-state index is 14.0. The first kappa shape index (κ1) is 28.6. The van der Waals surface area contributed by atoms with Crippen molar-refractivity contribution in [3.63, 3.8) is 0 Å². The van der Waals surface area contributed by atoms with Gasteiger partial charge in [0.2, 0.25) is 11.4 Å². The maximum Gasteiger partial charge on any atom is 0.259 e. The van der Waals surface area contributed by atoms with E-state index in [1.54, 1.807) is 4.90 Å². The summed E-state index contributed by atoms with van der Waals surface area (Å²) in [6.45, 7) is 19.6. The van der Waals surface area contributed by atoms with Gasteiger partial charge in [-0.05, 0) is 39.3 Å². The van der Waals surface area contributed by atoms with Crippen LogP contribution < -0.4 is 14.7 Å². The zero-order valence-corrected chi connectivity index (χ0v) is 23.6. The molecule has 10 heteroatoms. The largest absolute Gasteiger partial charge is 0.375 e. The van der Waals surface area contributed by atoms with Crippen molar-refractivity contribution in [2.45, 2.75) is 45.3 Å². The van der Waals surface area contributed by atoms with Crippen LogP contribution in [0.3, 0.4) is 0 Å². The minimum Gasteiger partial charge on any atom is -0.375 e. The number of nitrogens with zero attached hydrogens (tertiary/aromatic N) is 6. The lowest BCUT2D eigenvalue weighted by atomic mass is 9.87. The molecule has 0 radical (unpaired) electrons. The van der Waals surface area contributed by atoms with Gasteiger partial charge in [0.1, 0.15) is 5.82 Å². The zero-order valence-electron chi connectivity index (χ0n) is 23.6. The van der Waals surface area contributed by atoms with Crippen molar-refractivity contribution in [1.82, 2.24) is 14.8 Å². The Hall–Kier alpha value is -3.40. The summed E-state index contributed by atoms with van der Waals surface area (Å²) in [5.74, 6) is 0.824. The number of piperazine rings is 1. The van der Waals surface area contributed by atoms with Gasteiger partial charge in [-0.3, -0.25) is 14.4 Å². The normalized spacial score (nSPS) is 22.7. The van der Waals surface area contributed by atoms with Crippen LogP contribution in [0.25, 0.3) is 0 Å². The van der Waals surface area contributed by atoms with E-state index in [0.29, 0.717) is 58.8 Å². The van der Waals surface area contributed by atoms with Gasteiger partial charge in [0.05, 0.1) is 18.2 Å². The summed E-state index contributed by atoms with van der Waals surface area (Å²) in [6, 6.07) is 4.15. The van der Waals surface area contributed by atoms with Crippen molar-refractivity contribution in [2.24, 2.45) is 0 Å². The zero-order chi connectivity index (χ0) is 28.2. The SMILES string of the molecule is C=CCN(CC)c1ccc(N(CC)CC=C)c(N2CCN(C(=O)C34C(=O)CC(=O)N3CCC4OCC)CC2)n1. The van der Waals surface area contributed by atoms with Crippen LogP contribution >= 0.6 is 0 Å². The van der Waals surface area contributed by atoms with E-state index >= 15 is 0 Å². The van der Waals surface area contributed by atoms with Gasteiger partial charge < -0.3 is 29.2 Å². The number of ether oxygens (including phenoxy) is 1. The number of carbonyl (C=O) groups is 3. The number of pyridine rings is 1. The van der Waals surface area contributed by atoms with E-state index in [-0.39, 0.29) is 24.0 Å². The highest BCUT2D eigenvalue weighted by atomic mass is 16.5. The van der Waals surface area contributed by atoms with Crippen molar-refractivity contribution in [3.8, 4) is 0 Å². The van der Waals surface area contributed by atoms with Gasteiger partial charge in [0.25, 0.3) is 5.91 Å². The number of carbonyl (C=O) groups excluding carboxylic acids is 3. The Kier molecular flexibility index (Phi) is 8.94. The molecule has 212 valence electrons. The highest BCUT2D eigenvalue weighted by Crippen LogP contribution is 2.41. The summed E-state index contributed by atoms with van der Waals surface area (Å²) >= 11 is 0. The molecule has 3 aliphatic heterocycles. The van der Waals surface area contributed by atoms with Crippen LogP contribution in [0.2, 0.25) is 0 Å². The Labute approximate surface area is 231 Å². The number of likely N-dealkylation sites (N-methyl/N-ethyl adjacent to an activating group) is 2. The van der Waals surface area contributed by atoms with Gasteiger partial charge in [0.15, 0.2) is 11.6 Å².